The number of pyridine rings is 4. The number of rotatable bonds is 7. The topological polar surface area (TPSA) is 51.6 Å². The van der Waals surface area contributed by atoms with Crippen LogP contribution in [0, 0.1) is 0 Å². The summed E-state index contributed by atoms with van der Waals surface area (Å²) in [6.07, 6.45) is 3.61. The van der Waals surface area contributed by atoms with Crippen LogP contribution in [0.5, 0.6) is 0 Å². The highest BCUT2D eigenvalue weighted by atomic mass is 14.8. The van der Waals surface area contributed by atoms with Gasteiger partial charge in [-0.15, -0.1) is 0 Å². The number of nitrogens with zero attached hydrogens (tertiary/aromatic N) is 4. The van der Waals surface area contributed by atoms with Gasteiger partial charge in [0.2, 0.25) is 0 Å². The lowest BCUT2D eigenvalue weighted by Gasteiger charge is -2.13. The van der Waals surface area contributed by atoms with Gasteiger partial charge < -0.3 is 0 Å². The molecule has 48 heavy (non-hydrogen) atoms. The predicted octanol–water partition coefficient (Wildman–Crippen LogP) is 10.9. The minimum Gasteiger partial charge on any atom is -0.255 e. The Balaban J connectivity index is 1.31. The molecule has 4 nitrogen and oxygen atoms in total. The van der Waals surface area contributed by atoms with E-state index in [9.17, 15) is 0 Å². The van der Waals surface area contributed by atoms with Gasteiger partial charge in [-0.05, 0) is 105 Å². The minimum atomic E-state index is 0.761. The van der Waals surface area contributed by atoms with Gasteiger partial charge >= 0.3 is 0 Å². The minimum absolute atomic E-state index is 0.761. The fourth-order valence-corrected chi connectivity index (χ4v) is 5.97. The molecule has 0 saturated carbocycles. The molecule has 226 valence electrons. The molecule has 0 amide bonds. The maximum absolute atomic E-state index is 5.17. The summed E-state index contributed by atoms with van der Waals surface area (Å²) < 4.78 is 0. The molecule has 0 unspecified atom stereocenters. The number of benzene rings is 4. The lowest BCUT2D eigenvalue weighted by molar-refractivity contribution is 1.21. The van der Waals surface area contributed by atoms with Crippen LogP contribution >= 0.6 is 0 Å². The maximum Gasteiger partial charge on any atom is 0.0901 e. The summed E-state index contributed by atoms with van der Waals surface area (Å²) in [5.41, 5.74) is 13.6. The van der Waals surface area contributed by atoms with E-state index in [-0.39, 0.29) is 0 Å². The van der Waals surface area contributed by atoms with Gasteiger partial charge in [-0.2, -0.15) is 0 Å². The second-order valence-corrected chi connectivity index (χ2v) is 11.6. The number of hydrogen-bond acceptors (Lipinski definition) is 4. The zero-order valence-corrected chi connectivity index (χ0v) is 26.1. The summed E-state index contributed by atoms with van der Waals surface area (Å²) in [4.78, 5) is 19.7. The average molecular weight is 615 g/mol. The van der Waals surface area contributed by atoms with E-state index in [1.165, 1.54) is 11.1 Å². The van der Waals surface area contributed by atoms with Crippen molar-refractivity contribution in [3.8, 4) is 78.7 Å². The van der Waals surface area contributed by atoms with Crippen molar-refractivity contribution in [1.82, 2.24) is 19.9 Å². The first kappa shape index (κ1) is 28.9. The molecule has 4 heterocycles. The highest BCUT2D eigenvalue weighted by Gasteiger charge is 2.15. The van der Waals surface area contributed by atoms with Gasteiger partial charge in [-0.1, -0.05) is 109 Å². The molecular formula is C44H30N4. The third-order valence-electron chi connectivity index (χ3n) is 8.37. The Morgan fingerprint density at radius 2 is 0.562 bits per heavy atom. The van der Waals surface area contributed by atoms with Gasteiger partial charge in [-0.25, -0.2) is 9.97 Å². The summed E-state index contributed by atoms with van der Waals surface area (Å²) in [5, 5.41) is 0. The van der Waals surface area contributed by atoms with Gasteiger partial charge in [0.1, 0.15) is 0 Å². The normalized spacial score (nSPS) is 10.9. The van der Waals surface area contributed by atoms with Crippen LogP contribution in [0.1, 0.15) is 0 Å². The van der Waals surface area contributed by atoms with Gasteiger partial charge in [-0.3, -0.25) is 9.97 Å². The number of aromatic nitrogens is 4. The Morgan fingerprint density at radius 3 is 0.938 bits per heavy atom. The first-order valence-electron chi connectivity index (χ1n) is 16.0. The van der Waals surface area contributed by atoms with Gasteiger partial charge in [0.25, 0.3) is 0 Å². The van der Waals surface area contributed by atoms with E-state index >= 15 is 0 Å². The van der Waals surface area contributed by atoms with E-state index in [2.05, 4.69) is 131 Å². The van der Waals surface area contributed by atoms with E-state index in [0.717, 1.165) is 67.5 Å². The third kappa shape index (κ3) is 6.15. The Morgan fingerprint density at radius 1 is 0.229 bits per heavy atom. The Bertz CT molecular complexity index is 2150. The fourth-order valence-electron chi connectivity index (χ4n) is 5.97. The molecule has 0 aliphatic rings. The molecule has 0 aliphatic carbocycles. The standard InChI is InChI=1S/C44H30N4/c1-3-13-31(14-4-1)33-17-11-19-35(25-33)37-27-41(39-21-7-9-23-45-39)47-43(29-37)44-30-38(28-42(48-44)40-22-8-10-24-46-40)36-20-12-18-34(26-36)32-15-5-2-6-16-32/h1-30H. The van der Waals surface area contributed by atoms with Crippen LogP contribution in [0.2, 0.25) is 0 Å². The first-order chi connectivity index (χ1) is 23.8. The largest absolute Gasteiger partial charge is 0.255 e. The molecule has 0 radical (unpaired) electrons. The number of hydrogen-bond donors (Lipinski definition) is 0. The summed E-state index contributed by atoms with van der Waals surface area (Å²) >= 11 is 0. The molecule has 4 heteroatoms. The molecule has 0 spiro atoms. The quantitative estimate of drug-likeness (QED) is 0.179. The van der Waals surface area contributed by atoms with Crippen molar-refractivity contribution in [2.24, 2.45) is 0 Å². The van der Waals surface area contributed by atoms with E-state index in [4.69, 9.17) is 9.97 Å². The predicted molar refractivity (Wildman–Crippen MR) is 196 cm³/mol. The van der Waals surface area contributed by atoms with Crippen LogP contribution < -0.4 is 0 Å². The van der Waals surface area contributed by atoms with Crippen molar-refractivity contribution < 1.29 is 0 Å². The molecule has 8 aromatic rings. The monoisotopic (exact) mass is 614 g/mol. The molecule has 0 atom stereocenters. The van der Waals surface area contributed by atoms with E-state index in [1.54, 1.807) is 12.4 Å². The lowest BCUT2D eigenvalue weighted by Crippen LogP contribution is -1.97. The zero-order chi connectivity index (χ0) is 32.1. The molecule has 0 saturated heterocycles. The van der Waals surface area contributed by atoms with Crippen LogP contribution in [0.3, 0.4) is 0 Å². The van der Waals surface area contributed by atoms with Gasteiger partial charge in [0.15, 0.2) is 0 Å². The van der Waals surface area contributed by atoms with Crippen molar-refractivity contribution in [3.63, 3.8) is 0 Å². The Labute approximate surface area is 280 Å². The van der Waals surface area contributed by atoms with Crippen LogP contribution in [-0.2, 0) is 0 Å². The zero-order valence-electron chi connectivity index (χ0n) is 26.1. The molecule has 0 bridgehead atoms. The van der Waals surface area contributed by atoms with Crippen molar-refractivity contribution in [2.75, 3.05) is 0 Å². The second-order valence-electron chi connectivity index (χ2n) is 11.6. The molecule has 4 aromatic heterocycles. The third-order valence-corrected chi connectivity index (χ3v) is 8.37. The first-order valence-corrected chi connectivity index (χ1v) is 16.0. The average Bonchev–Trinajstić information content (AvgIpc) is 3.19. The van der Waals surface area contributed by atoms with E-state index in [0.29, 0.717) is 0 Å². The van der Waals surface area contributed by atoms with E-state index < -0.39 is 0 Å². The Kier molecular flexibility index (Phi) is 7.87. The van der Waals surface area contributed by atoms with Crippen LogP contribution in [0.25, 0.3) is 78.7 Å². The summed E-state index contributed by atoms with van der Waals surface area (Å²) in [5.74, 6) is 0. The molecule has 0 aliphatic heterocycles. The second kappa shape index (κ2) is 13.1. The van der Waals surface area contributed by atoms with Crippen LogP contribution in [0.15, 0.2) is 182 Å². The Hall–Kier alpha value is -6.52. The lowest BCUT2D eigenvalue weighted by atomic mass is 9.96. The maximum atomic E-state index is 5.17. The highest BCUT2D eigenvalue weighted by Crippen LogP contribution is 2.35. The summed E-state index contributed by atoms with van der Waals surface area (Å²) in [7, 11) is 0. The van der Waals surface area contributed by atoms with Crippen molar-refractivity contribution in [3.05, 3.63) is 182 Å². The van der Waals surface area contributed by atoms with Crippen molar-refractivity contribution >= 4 is 0 Å². The summed E-state index contributed by atoms with van der Waals surface area (Å²) in [6, 6.07) is 58.5. The fraction of sp³-hybridized carbons (Fsp3) is 0. The molecule has 8 rings (SSSR count). The summed E-state index contributed by atoms with van der Waals surface area (Å²) in [6.45, 7) is 0. The SMILES string of the molecule is c1ccc(-c2cccc(-c3cc(-c4ccccn4)nc(-c4cc(-c5cccc(-c6ccccc6)c5)cc(-c5ccccn5)n4)c3)c2)cc1. The van der Waals surface area contributed by atoms with E-state index in [1.807, 2.05) is 48.5 Å². The smallest absolute Gasteiger partial charge is 0.0901 e. The van der Waals surface area contributed by atoms with Gasteiger partial charge in [0, 0.05) is 12.4 Å². The van der Waals surface area contributed by atoms with Crippen LogP contribution in [0.4, 0.5) is 0 Å². The molecule has 0 fully saturated rings. The van der Waals surface area contributed by atoms with Crippen LogP contribution in [-0.4, -0.2) is 19.9 Å². The molecular weight excluding hydrogens is 585 g/mol. The van der Waals surface area contributed by atoms with Crippen molar-refractivity contribution in [2.45, 2.75) is 0 Å². The molecule has 4 aromatic carbocycles. The highest BCUT2D eigenvalue weighted by molar-refractivity contribution is 5.82. The molecule has 0 N–H and O–H groups in total. The van der Waals surface area contributed by atoms with Gasteiger partial charge in [0.05, 0.1) is 34.2 Å². The van der Waals surface area contributed by atoms with Crippen molar-refractivity contribution in [1.29, 1.82) is 0 Å².